The molecule has 1 saturated heterocycles. The molecule has 1 aliphatic rings. The number of carbonyl (C=O) groups excluding carboxylic acids is 2. The molecule has 0 atom stereocenters. The van der Waals surface area contributed by atoms with Gasteiger partial charge in [-0.2, -0.15) is 8.42 Å². The van der Waals surface area contributed by atoms with Crippen molar-refractivity contribution in [3.8, 4) is 5.75 Å². The molecule has 7 nitrogen and oxygen atoms in total. The van der Waals surface area contributed by atoms with Gasteiger partial charge in [0.25, 0.3) is 5.91 Å². The van der Waals surface area contributed by atoms with Crippen LogP contribution in [0, 0.1) is 13.8 Å². The van der Waals surface area contributed by atoms with Gasteiger partial charge in [0.05, 0.1) is 0 Å². The zero-order valence-electron chi connectivity index (χ0n) is 16.4. The van der Waals surface area contributed by atoms with Crippen molar-refractivity contribution in [1.29, 1.82) is 0 Å². The predicted molar refractivity (Wildman–Crippen MR) is 106 cm³/mol. The Balaban J connectivity index is 1.77. The quantitative estimate of drug-likeness (QED) is 0.530. The molecule has 0 N–H and O–H groups in total. The molecule has 1 heterocycles. The van der Waals surface area contributed by atoms with Crippen LogP contribution in [-0.4, -0.2) is 44.9 Å². The van der Waals surface area contributed by atoms with Gasteiger partial charge in [-0.15, -0.1) is 0 Å². The fourth-order valence-corrected chi connectivity index (χ4v) is 4.37. The van der Waals surface area contributed by atoms with E-state index in [-0.39, 0.29) is 22.1 Å². The second-order valence-corrected chi connectivity index (χ2v) is 8.48. The van der Waals surface area contributed by atoms with Crippen LogP contribution in [0.15, 0.2) is 47.4 Å². The zero-order valence-corrected chi connectivity index (χ0v) is 17.2. The van der Waals surface area contributed by atoms with E-state index in [2.05, 4.69) is 0 Å². The summed E-state index contributed by atoms with van der Waals surface area (Å²) in [6.07, 6.45) is 1.87. The van der Waals surface area contributed by atoms with Gasteiger partial charge >= 0.3 is 16.1 Å². The van der Waals surface area contributed by atoms with Crippen LogP contribution < -0.4 is 4.18 Å². The average Bonchev–Trinajstić information content (AvgIpc) is 3.22. The molecular formula is C21H23NO6S. The molecule has 0 unspecified atom stereocenters. The molecule has 1 aliphatic heterocycles. The third-order valence-electron chi connectivity index (χ3n) is 4.70. The van der Waals surface area contributed by atoms with Gasteiger partial charge in [0.1, 0.15) is 10.5 Å². The molecule has 0 radical (unpaired) electrons. The number of para-hydroxylation sites is 1. The normalized spacial score (nSPS) is 13.9. The number of likely N-dealkylation sites (tertiary alicyclic amines) is 1. The molecule has 3 rings (SSSR count). The van der Waals surface area contributed by atoms with Gasteiger partial charge in [-0.05, 0) is 56.0 Å². The number of carbonyl (C=O) groups is 2. The first kappa shape index (κ1) is 20.9. The Bertz CT molecular complexity index is 1030. The van der Waals surface area contributed by atoms with Crippen LogP contribution in [0.25, 0.3) is 0 Å². The Kier molecular flexibility index (Phi) is 6.22. The van der Waals surface area contributed by atoms with E-state index in [4.69, 9.17) is 8.92 Å². The Hall–Kier alpha value is -2.87. The molecule has 0 saturated carbocycles. The largest absolute Gasteiger partial charge is 0.452 e. The molecular weight excluding hydrogens is 394 g/mol. The predicted octanol–water partition coefficient (Wildman–Crippen LogP) is 2.85. The van der Waals surface area contributed by atoms with Crippen LogP contribution in [0.1, 0.15) is 34.3 Å². The van der Waals surface area contributed by atoms with E-state index in [1.165, 1.54) is 18.2 Å². The summed E-state index contributed by atoms with van der Waals surface area (Å²) < 4.78 is 35.9. The van der Waals surface area contributed by atoms with Gasteiger partial charge in [-0.3, -0.25) is 4.79 Å². The lowest BCUT2D eigenvalue weighted by Gasteiger charge is -2.16. The van der Waals surface area contributed by atoms with Crippen LogP contribution in [0.4, 0.5) is 0 Å². The van der Waals surface area contributed by atoms with Gasteiger partial charge in [0.15, 0.2) is 12.4 Å². The van der Waals surface area contributed by atoms with Crippen molar-refractivity contribution in [3.63, 3.8) is 0 Å². The number of benzene rings is 2. The van der Waals surface area contributed by atoms with Crippen LogP contribution in [0.3, 0.4) is 0 Å². The second kappa shape index (κ2) is 8.65. The minimum Gasteiger partial charge on any atom is -0.452 e. The third kappa shape index (κ3) is 4.95. The first-order valence-corrected chi connectivity index (χ1v) is 10.7. The first-order chi connectivity index (χ1) is 13.8. The highest BCUT2D eigenvalue weighted by molar-refractivity contribution is 7.87. The monoisotopic (exact) mass is 417 g/mol. The maximum atomic E-state index is 12.8. The number of rotatable bonds is 6. The van der Waals surface area contributed by atoms with Gasteiger partial charge < -0.3 is 13.8 Å². The number of nitrogens with zero attached hydrogens (tertiary/aromatic N) is 1. The van der Waals surface area contributed by atoms with Crippen LogP contribution in [0.2, 0.25) is 0 Å². The maximum Gasteiger partial charge on any atom is 0.342 e. The highest BCUT2D eigenvalue weighted by Crippen LogP contribution is 2.26. The molecule has 1 fully saturated rings. The van der Waals surface area contributed by atoms with E-state index in [1.807, 2.05) is 0 Å². The molecule has 8 heteroatoms. The number of aryl methyl sites for hydroxylation is 2. The number of hydrogen-bond acceptors (Lipinski definition) is 6. The summed E-state index contributed by atoms with van der Waals surface area (Å²) in [7, 11) is -4.15. The van der Waals surface area contributed by atoms with Crippen LogP contribution in [-0.2, 0) is 19.6 Å². The number of esters is 1. The van der Waals surface area contributed by atoms with Crippen molar-refractivity contribution >= 4 is 22.0 Å². The number of amides is 1. The van der Waals surface area contributed by atoms with E-state index in [0.717, 1.165) is 18.4 Å². The maximum absolute atomic E-state index is 12.8. The number of ether oxygens (including phenoxy) is 1. The third-order valence-corrected chi connectivity index (χ3v) is 6.08. The topological polar surface area (TPSA) is 90.0 Å². The lowest BCUT2D eigenvalue weighted by atomic mass is 10.2. The minimum absolute atomic E-state index is 0.0323. The lowest BCUT2D eigenvalue weighted by Crippen LogP contribution is -2.32. The van der Waals surface area contributed by atoms with Crippen molar-refractivity contribution in [1.82, 2.24) is 4.90 Å². The van der Waals surface area contributed by atoms with E-state index in [0.29, 0.717) is 18.7 Å². The van der Waals surface area contributed by atoms with Gasteiger partial charge in [-0.1, -0.05) is 24.3 Å². The summed E-state index contributed by atoms with van der Waals surface area (Å²) in [6, 6.07) is 10.9. The summed E-state index contributed by atoms with van der Waals surface area (Å²) in [4.78, 5) is 26.2. The van der Waals surface area contributed by atoms with Crippen molar-refractivity contribution < 1.29 is 26.9 Å². The van der Waals surface area contributed by atoms with Crippen molar-refractivity contribution in [3.05, 3.63) is 59.2 Å². The summed E-state index contributed by atoms with van der Waals surface area (Å²) >= 11 is 0. The lowest BCUT2D eigenvalue weighted by molar-refractivity contribution is -0.133. The smallest absolute Gasteiger partial charge is 0.342 e. The second-order valence-electron chi connectivity index (χ2n) is 6.97. The van der Waals surface area contributed by atoms with Crippen LogP contribution >= 0.6 is 0 Å². The Morgan fingerprint density at radius 2 is 1.72 bits per heavy atom. The molecule has 1 amide bonds. The minimum atomic E-state index is -4.15. The van der Waals surface area contributed by atoms with Crippen molar-refractivity contribution in [2.75, 3.05) is 19.7 Å². The van der Waals surface area contributed by atoms with Crippen molar-refractivity contribution in [2.45, 2.75) is 31.6 Å². The Labute approximate surface area is 170 Å². The molecule has 0 bridgehead atoms. The zero-order chi connectivity index (χ0) is 21.0. The van der Waals surface area contributed by atoms with Crippen molar-refractivity contribution in [2.24, 2.45) is 0 Å². The first-order valence-electron chi connectivity index (χ1n) is 9.33. The standard InChI is InChI=1S/C21H23NO6S/c1-15-9-10-16(2)19(13-15)29(25,26)28-18-8-4-3-7-17(18)21(24)27-14-20(23)22-11-5-6-12-22/h3-4,7-10,13H,5-6,11-12,14H2,1-2H3. The van der Waals surface area contributed by atoms with E-state index in [9.17, 15) is 18.0 Å². The van der Waals surface area contributed by atoms with Crippen LogP contribution in [0.5, 0.6) is 5.75 Å². The molecule has 0 aliphatic carbocycles. The fourth-order valence-electron chi connectivity index (χ4n) is 3.11. The molecule has 29 heavy (non-hydrogen) atoms. The molecule has 0 spiro atoms. The van der Waals surface area contributed by atoms with Gasteiger partial charge in [-0.25, -0.2) is 4.79 Å². The summed E-state index contributed by atoms with van der Waals surface area (Å²) in [6.45, 7) is 4.37. The highest BCUT2D eigenvalue weighted by Gasteiger charge is 2.25. The highest BCUT2D eigenvalue weighted by atomic mass is 32.2. The summed E-state index contributed by atoms with van der Waals surface area (Å²) in [5.74, 6) is -1.23. The molecule has 2 aromatic rings. The summed E-state index contributed by atoms with van der Waals surface area (Å²) in [5.41, 5.74) is 1.24. The molecule has 2 aromatic carbocycles. The summed E-state index contributed by atoms with van der Waals surface area (Å²) in [5, 5.41) is 0. The number of hydrogen-bond donors (Lipinski definition) is 0. The van der Waals surface area contributed by atoms with Gasteiger partial charge in [0, 0.05) is 13.1 Å². The fraction of sp³-hybridized carbons (Fsp3) is 0.333. The molecule has 154 valence electrons. The van der Waals surface area contributed by atoms with E-state index in [1.54, 1.807) is 43.0 Å². The van der Waals surface area contributed by atoms with E-state index < -0.39 is 22.7 Å². The molecule has 0 aromatic heterocycles. The SMILES string of the molecule is Cc1ccc(C)c(S(=O)(=O)Oc2ccccc2C(=O)OCC(=O)N2CCCC2)c1. The Morgan fingerprint density at radius 3 is 2.45 bits per heavy atom. The Morgan fingerprint density at radius 1 is 1.03 bits per heavy atom. The van der Waals surface area contributed by atoms with E-state index >= 15 is 0 Å². The van der Waals surface area contributed by atoms with Gasteiger partial charge in [0.2, 0.25) is 0 Å². The average molecular weight is 417 g/mol.